The van der Waals surface area contributed by atoms with Crippen molar-refractivity contribution in [1.29, 1.82) is 0 Å². The number of likely N-dealkylation sites (N-methyl/N-ethyl adjacent to an activating group) is 2. The Bertz CT molecular complexity index is 254. The summed E-state index contributed by atoms with van der Waals surface area (Å²) in [6.07, 6.45) is 2.55. The van der Waals surface area contributed by atoms with Crippen LogP contribution in [-0.4, -0.2) is 55.7 Å². The van der Waals surface area contributed by atoms with Crippen molar-refractivity contribution in [1.82, 2.24) is 10.2 Å². The summed E-state index contributed by atoms with van der Waals surface area (Å²) in [5.41, 5.74) is 4.79. The Morgan fingerprint density at radius 2 is 2.35 bits per heavy atom. The van der Waals surface area contributed by atoms with Gasteiger partial charge in [-0.2, -0.15) is 0 Å². The molecule has 100 valence electrons. The van der Waals surface area contributed by atoms with Crippen molar-refractivity contribution in [3.8, 4) is 0 Å². The lowest BCUT2D eigenvalue weighted by Gasteiger charge is -2.32. The lowest BCUT2D eigenvalue weighted by molar-refractivity contribution is -0.124. The van der Waals surface area contributed by atoms with E-state index in [1.165, 1.54) is 0 Å². The fraction of sp³-hybridized carbons (Fsp3) is 0.917. The lowest BCUT2D eigenvalue weighted by Crippen LogP contribution is -2.59. The van der Waals surface area contributed by atoms with Crippen molar-refractivity contribution in [3.05, 3.63) is 0 Å². The summed E-state index contributed by atoms with van der Waals surface area (Å²) in [6.45, 7) is 6.88. The molecule has 2 atom stereocenters. The molecule has 0 aromatic rings. The molecule has 1 aliphatic heterocycles. The molecule has 1 fully saturated rings. The Morgan fingerprint density at radius 1 is 1.65 bits per heavy atom. The van der Waals surface area contributed by atoms with Gasteiger partial charge in [-0.1, -0.05) is 6.92 Å². The number of hydrogen-bond donors (Lipinski definition) is 2. The number of carbonyl (C=O) groups excluding carboxylic acids is 1. The molecule has 1 saturated heterocycles. The van der Waals surface area contributed by atoms with Gasteiger partial charge in [0.15, 0.2) is 0 Å². The minimum Gasteiger partial charge on any atom is -0.377 e. The summed E-state index contributed by atoms with van der Waals surface area (Å²) < 4.78 is 5.58. The molecule has 0 aromatic heterocycles. The Labute approximate surface area is 104 Å². The third-order valence-corrected chi connectivity index (χ3v) is 3.24. The molecule has 1 amide bonds. The first-order chi connectivity index (χ1) is 7.98. The second-order valence-electron chi connectivity index (χ2n) is 5.06. The molecule has 5 heteroatoms. The van der Waals surface area contributed by atoms with E-state index in [0.29, 0.717) is 12.6 Å². The van der Waals surface area contributed by atoms with Crippen LogP contribution >= 0.6 is 0 Å². The molecule has 0 aromatic carbocycles. The van der Waals surface area contributed by atoms with E-state index in [2.05, 4.69) is 10.2 Å². The lowest BCUT2D eigenvalue weighted by atomic mass is 10.0. The minimum atomic E-state index is -0.665. The Kier molecular flexibility index (Phi) is 5.36. The van der Waals surface area contributed by atoms with Crippen molar-refractivity contribution in [2.45, 2.75) is 38.3 Å². The first kappa shape index (κ1) is 14.4. The number of primary amides is 1. The third-order valence-electron chi connectivity index (χ3n) is 3.24. The number of nitrogens with one attached hydrogen (secondary N) is 1. The van der Waals surface area contributed by atoms with Gasteiger partial charge in [0.1, 0.15) is 5.54 Å². The molecule has 0 saturated carbocycles. The van der Waals surface area contributed by atoms with Crippen molar-refractivity contribution >= 4 is 5.91 Å². The second kappa shape index (κ2) is 6.33. The van der Waals surface area contributed by atoms with Crippen LogP contribution in [0.15, 0.2) is 0 Å². The van der Waals surface area contributed by atoms with E-state index in [1.807, 2.05) is 20.9 Å². The van der Waals surface area contributed by atoms with E-state index in [4.69, 9.17) is 10.5 Å². The van der Waals surface area contributed by atoms with Crippen LogP contribution in [0, 0.1) is 0 Å². The highest BCUT2D eigenvalue weighted by atomic mass is 16.5. The molecule has 1 aliphatic rings. The van der Waals surface area contributed by atoms with Crippen LogP contribution in [0.25, 0.3) is 0 Å². The molecule has 1 heterocycles. The van der Waals surface area contributed by atoms with E-state index in [9.17, 15) is 4.79 Å². The van der Waals surface area contributed by atoms with Gasteiger partial charge in [0, 0.05) is 19.7 Å². The normalized spacial score (nSPS) is 23.9. The van der Waals surface area contributed by atoms with Crippen LogP contribution in [0.1, 0.15) is 26.7 Å². The first-order valence-corrected chi connectivity index (χ1v) is 6.33. The topological polar surface area (TPSA) is 67.6 Å². The molecule has 0 aliphatic carbocycles. The van der Waals surface area contributed by atoms with Crippen LogP contribution < -0.4 is 11.1 Å². The maximum Gasteiger partial charge on any atom is 0.238 e. The Morgan fingerprint density at radius 3 is 2.82 bits per heavy atom. The molecule has 1 rings (SSSR count). The molecular formula is C12H25N3O2. The molecule has 17 heavy (non-hydrogen) atoms. The van der Waals surface area contributed by atoms with Crippen LogP contribution in [0.2, 0.25) is 0 Å². The maximum absolute atomic E-state index is 11.5. The Hall–Kier alpha value is -0.650. The standard InChI is InChI=1S/C12H25N3O2/c1-4-14-12(2,11(13)16)9-15(3)8-10-6-5-7-17-10/h10,14H,4-9H2,1-3H3,(H2,13,16). The smallest absolute Gasteiger partial charge is 0.238 e. The zero-order chi connectivity index (χ0) is 12.9. The summed E-state index contributed by atoms with van der Waals surface area (Å²) >= 11 is 0. The van der Waals surface area contributed by atoms with Crippen LogP contribution in [0.5, 0.6) is 0 Å². The van der Waals surface area contributed by atoms with Crippen LogP contribution in [0.3, 0.4) is 0 Å². The van der Waals surface area contributed by atoms with Crippen molar-refractivity contribution in [2.75, 3.05) is 33.3 Å². The number of rotatable bonds is 7. The van der Waals surface area contributed by atoms with Gasteiger partial charge in [0.2, 0.25) is 5.91 Å². The van der Waals surface area contributed by atoms with Crippen LogP contribution in [-0.2, 0) is 9.53 Å². The molecule has 0 radical (unpaired) electrons. The third kappa shape index (κ3) is 4.26. The van der Waals surface area contributed by atoms with Crippen molar-refractivity contribution in [2.24, 2.45) is 5.73 Å². The summed E-state index contributed by atoms with van der Waals surface area (Å²) in [5.74, 6) is -0.307. The summed E-state index contributed by atoms with van der Waals surface area (Å²) in [5, 5.41) is 3.16. The highest BCUT2D eigenvalue weighted by Crippen LogP contribution is 2.14. The van der Waals surface area contributed by atoms with Crippen molar-refractivity contribution < 1.29 is 9.53 Å². The zero-order valence-corrected chi connectivity index (χ0v) is 11.2. The SMILES string of the molecule is CCNC(C)(CN(C)CC1CCCO1)C(N)=O. The quantitative estimate of drug-likeness (QED) is 0.658. The molecule has 5 nitrogen and oxygen atoms in total. The Balaban J connectivity index is 2.45. The number of amides is 1. The number of carbonyl (C=O) groups is 1. The van der Waals surface area contributed by atoms with Gasteiger partial charge >= 0.3 is 0 Å². The van der Waals surface area contributed by atoms with Crippen molar-refractivity contribution in [3.63, 3.8) is 0 Å². The highest BCUT2D eigenvalue weighted by molar-refractivity contribution is 5.84. The van der Waals surface area contributed by atoms with Gasteiger partial charge in [-0.05, 0) is 33.4 Å². The van der Waals surface area contributed by atoms with Gasteiger partial charge in [-0.15, -0.1) is 0 Å². The number of nitrogens with zero attached hydrogens (tertiary/aromatic N) is 1. The molecule has 0 spiro atoms. The van der Waals surface area contributed by atoms with E-state index >= 15 is 0 Å². The van der Waals surface area contributed by atoms with E-state index in [0.717, 1.165) is 32.5 Å². The summed E-state index contributed by atoms with van der Waals surface area (Å²) in [6, 6.07) is 0. The van der Waals surface area contributed by atoms with Crippen LogP contribution in [0.4, 0.5) is 0 Å². The largest absolute Gasteiger partial charge is 0.377 e. The number of hydrogen-bond acceptors (Lipinski definition) is 4. The maximum atomic E-state index is 11.5. The minimum absolute atomic E-state index is 0.304. The molecular weight excluding hydrogens is 218 g/mol. The zero-order valence-electron chi connectivity index (χ0n) is 11.2. The first-order valence-electron chi connectivity index (χ1n) is 6.33. The fourth-order valence-corrected chi connectivity index (χ4v) is 2.35. The predicted molar refractivity (Wildman–Crippen MR) is 67.7 cm³/mol. The average molecular weight is 243 g/mol. The van der Waals surface area contributed by atoms with Gasteiger partial charge in [-0.3, -0.25) is 4.79 Å². The number of nitrogens with two attached hydrogens (primary N) is 1. The molecule has 0 bridgehead atoms. The van der Waals surface area contributed by atoms with E-state index in [-0.39, 0.29) is 5.91 Å². The molecule has 2 unspecified atom stereocenters. The van der Waals surface area contributed by atoms with E-state index in [1.54, 1.807) is 0 Å². The predicted octanol–water partition coefficient (Wildman–Crippen LogP) is -0.0493. The van der Waals surface area contributed by atoms with E-state index < -0.39 is 5.54 Å². The number of ether oxygens (including phenoxy) is 1. The molecule has 3 N–H and O–H groups in total. The fourth-order valence-electron chi connectivity index (χ4n) is 2.35. The van der Waals surface area contributed by atoms with Gasteiger partial charge < -0.3 is 20.7 Å². The highest BCUT2D eigenvalue weighted by Gasteiger charge is 2.32. The summed E-state index contributed by atoms with van der Waals surface area (Å²) in [4.78, 5) is 13.6. The second-order valence-corrected chi connectivity index (χ2v) is 5.06. The van der Waals surface area contributed by atoms with Gasteiger partial charge in [0.05, 0.1) is 6.10 Å². The van der Waals surface area contributed by atoms with Gasteiger partial charge in [0.25, 0.3) is 0 Å². The van der Waals surface area contributed by atoms with Gasteiger partial charge in [-0.25, -0.2) is 0 Å². The monoisotopic (exact) mass is 243 g/mol. The summed E-state index contributed by atoms with van der Waals surface area (Å²) in [7, 11) is 2.00. The average Bonchev–Trinajstić information content (AvgIpc) is 2.70.